The Labute approximate surface area is 161 Å². The van der Waals surface area contributed by atoms with E-state index in [0.717, 1.165) is 29.9 Å². The number of hydrogen-bond acceptors (Lipinski definition) is 6. The minimum Gasteiger partial charge on any atom is -0.273 e. The monoisotopic (exact) mass is 384 g/mol. The van der Waals surface area contributed by atoms with Crippen molar-refractivity contribution in [1.29, 1.82) is 0 Å². The number of imide groups is 1. The third-order valence-corrected chi connectivity index (χ3v) is 6.12. The summed E-state index contributed by atoms with van der Waals surface area (Å²) in [4.78, 5) is 39.9. The Morgan fingerprint density at radius 2 is 1.74 bits per heavy atom. The lowest BCUT2D eigenvalue weighted by atomic mass is 9.89. The molecule has 2 aliphatic heterocycles. The summed E-state index contributed by atoms with van der Waals surface area (Å²) in [5.41, 5.74) is 1.79. The second kappa shape index (κ2) is 7.26. The van der Waals surface area contributed by atoms with Gasteiger partial charge >= 0.3 is 0 Å². The highest BCUT2D eigenvalue weighted by Crippen LogP contribution is 2.27. The third kappa shape index (κ3) is 3.29. The first-order chi connectivity index (χ1) is 13.1. The van der Waals surface area contributed by atoms with Crippen LogP contribution < -0.4 is 0 Å². The topological polar surface area (TPSA) is 82.4 Å². The van der Waals surface area contributed by atoms with Crippen LogP contribution in [0.2, 0.25) is 0 Å². The molecule has 0 radical (unpaired) electrons. The Morgan fingerprint density at radius 1 is 1.04 bits per heavy atom. The minimum absolute atomic E-state index is 0.128. The number of carbonyl (C=O) groups is 3. The van der Waals surface area contributed by atoms with Crippen LogP contribution in [0, 0.1) is 5.92 Å². The van der Waals surface area contributed by atoms with E-state index in [1.54, 1.807) is 24.3 Å². The summed E-state index contributed by atoms with van der Waals surface area (Å²) in [7, 11) is 0. The molecule has 3 aliphatic rings. The highest BCUT2D eigenvalue weighted by molar-refractivity contribution is 8.15. The molecule has 0 bridgehead atoms. The van der Waals surface area contributed by atoms with Gasteiger partial charge in [0, 0.05) is 5.71 Å². The van der Waals surface area contributed by atoms with Gasteiger partial charge in [0.1, 0.15) is 6.67 Å². The van der Waals surface area contributed by atoms with Crippen LogP contribution in [0.15, 0.2) is 34.5 Å². The quantitative estimate of drug-likeness (QED) is 0.593. The van der Waals surface area contributed by atoms with E-state index >= 15 is 0 Å². The lowest BCUT2D eigenvalue weighted by molar-refractivity contribution is -0.124. The van der Waals surface area contributed by atoms with Crippen molar-refractivity contribution in [2.24, 2.45) is 16.1 Å². The molecular formula is C19H20N4O3S. The zero-order chi connectivity index (χ0) is 19.0. The molecule has 7 nitrogen and oxygen atoms in total. The van der Waals surface area contributed by atoms with Crippen molar-refractivity contribution < 1.29 is 14.4 Å². The van der Waals surface area contributed by atoms with Gasteiger partial charge in [-0.3, -0.25) is 24.2 Å². The number of amidine groups is 1. The van der Waals surface area contributed by atoms with Crippen LogP contribution >= 0.6 is 11.8 Å². The van der Waals surface area contributed by atoms with Crippen molar-refractivity contribution >= 4 is 40.4 Å². The number of rotatable bonds is 3. The van der Waals surface area contributed by atoms with Crippen molar-refractivity contribution in [2.75, 3.05) is 12.4 Å². The van der Waals surface area contributed by atoms with Crippen LogP contribution in [-0.2, 0) is 4.79 Å². The highest BCUT2D eigenvalue weighted by Gasteiger charge is 2.39. The van der Waals surface area contributed by atoms with Crippen LogP contribution in [0.5, 0.6) is 0 Å². The smallest absolute Gasteiger partial charge is 0.263 e. The summed E-state index contributed by atoms with van der Waals surface area (Å²) in [6.45, 7) is 2.01. The third-order valence-electron chi connectivity index (χ3n) is 5.17. The van der Waals surface area contributed by atoms with Crippen LogP contribution in [0.25, 0.3) is 0 Å². The first-order valence-corrected chi connectivity index (χ1v) is 10.1. The van der Waals surface area contributed by atoms with E-state index in [4.69, 9.17) is 0 Å². The van der Waals surface area contributed by atoms with Crippen molar-refractivity contribution in [3.8, 4) is 0 Å². The number of amides is 3. The molecular weight excluding hydrogens is 364 g/mol. The second-order valence-electron chi connectivity index (χ2n) is 6.96. The molecule has 4 rings (SSSR count). The molecule has 1 aromatic carbocycles. The molecule has 27 heavy (non-hydrogen) atoms. The fourth-order valence-electron chi connectivity index (χ4n) is 3.55. The lowest BCUT2D eigenvalue weighted by Gasteiger charge is -2.22. The maximum atomic E-state index is 12.5. The van der Waals surface area contributed by atoms with Crippen molar-refractivity contribution in [2.45, 2.75) is 32.6 Å². The molecule has 8 heteroatoms. The molecule has 1 saturated heterocycles. The van der Waals surface area contributed by atoms with Crippen LogP contribution in [0.1, 0.15) is 53.3 Å². The maximum Gasteiger partial charge on any atom is 0.263 e. The Hall–Kier alpha value is -2.48. The Bertz CT molecular complexity index is 844. The molecule has 0 N–H and O–H groups in total. The normalized spacial score (nSPS) is 25.8. The van der Waals surface area contributed by atoms with Gasteiger partial charge in [0.25, 0.3) is 11.8 Å². The molecule has 1 aromatic rings. The average Bonchev–Trinajstić information content (AvgIpc) is 3.14. The van der Waals surface area contributed by atoms with Gasteiger partial charge in [0.15, 0.2) is 5.17 Å². The van der Waals surface area contributed by atoms with Crippen LogP contribution in [0.3, 0.4) is 0 Å². The van der Waals surface area contributed by atoms with E-state index in [1.807, 2.05) is 0 Å². The van der Waals surface area contributed by atoms with E-state index in [9.17, 15) is 14.4 Å². The number of benzene rings is 1. The predicted molar refractivity (Wildman–Crippen MR) is 104 cm³/mol. The number of thioether (sulfide) groups is 1. The van der Waals surface area contributed by atoms with Gasteiger partial charge in [-0.15, -0.1) is 5.10 Å². The van der Waals surface area contributed by atoms with Gasteiger partial charge in [-0.25, -0.2) is 0 Å². The van der Waals surface area contributed by atoms with E-state index < -0.39 is 0 Å². The average molecular weight is 384 g/mol. The van der Waals surface area contributed by atoms with Gasteiger partial charge in [-0.05, 0) is 37.3 Å². The molecule has 1 atom stereocenters. The maximum absolute atomic E-state index is 12.5. The number of carbonyl (C=O) groups excluding carboxylic acids is 3. The van der Waals surface area contributed by atoms with Crippen LogP contribution in [0.4, 0.5) is 0 Å². The van der Waals surface area contributed by atoms with Crippen molar-refractivity contribution in [3.63, 3.8) is 0 Å². The lowest BCUT2D eigenvalue weighted by Crippen LogP contribution is -2.43. The van der Waals surface area contributed by atoms with Gasteiger partial charge in [0.05, 0.1) is 16.9 Å². The molecule has 2 fully saturated rings. The molecule has 1 saturated carbocycles. The van der Waals surface area contributed by atoms with Crippen molar-refractivity contribution in [3.05, 3.63) is 35.4 Å². The minimum atomic E-state index is -0.383. The number of nitrogens with zero attached hydrogens (tertiary/aromatic N) is 4. The highest BCUT2D eigenvalue weighted by atomic mass is 32.2. The van der Waals surface area contributed by atoms with E-state index in [0.29, 0.717) is 22.2 Å². The molecule has 0 aromatic heterocycles. The van der Waals surface area contributed by atoms with E-state index in [1.165, 1.54) is 23.1 Å². The Kier molecular flexibility index (Phi) is 4.82. The van der Waals surface area contributed by atoms with E-state index in [-0.39, 0.29) is 30.1 Å². The molecule has 1 aliphatic carbocycles. The molecule has 2 heterocycles. The van der Waals surface area contributed by atoms with Crippen molar-refractivity contribution in [1.82, 2.24) is 9.80 Å². The fourth-order valence-corrected chi connectivity index (χ4v) is 4.37. The van der Waals surface area contributed by atoms with E-state index in [2.05, 4.69) is 17.1 Å². The van der Waals surface area contributed by atoms with Gasteiger partial charge in [-0.1, -0.05) is 37.2 Å². The SMILES string of the molecule is CC1CCCC/C1=N\N=C1/SCC(=O)N1CN1C(=O)c2ccccc2C1=O. The first kappa shape index (κ1) is 17.9. The van der Waals surface area contributed by atoms with Crippen LogP contribution in [-0.4, -0.2) is 50.8 Å². The summed E-state index contributed by atoms with van der Waals surface area (Å²) in [5, 5.41) is 9.12. The molecule has 1 unspecified atom stereocenters. The zero-order valence-corrected chi connectivity index (χ0v) is 15.9. The Balaban J connectivity index is 1.55. The van der Waals surface area contributed by atoms with Gasteiger partial charge < -0.3 is 0 Å². The number of hydrogen-bond donors (Lipinski definition) is 0. The Morgan fingerprint density at radius 3 is 2.41 bits per heavy atom. The molecule has 140 valence electrons. The zero-order valence-electron chi connectivity index (χ0n) is 15.1. The summed E-state index contributed by atoms with van der Waals surface area (Å²) in [5.74, 6) is -0.302. The fraction of sp³-hybridized carbons (Fsp3) is 0.421. The second-order valence-corrected chi connectivity index (χ2v) is 7.90. The standard InChI is InChI=1S/C19H20N4O3S/c1-12-6-2-5-9-15(12)20-21-19-22(16(24)10-27-19)11-23-17(25)13-7-3-4-8-14(13)18(23)26/h3-4,7-8,12H,2,5-6,9-11H2,1H3/b20-15+,21-19-. The summed E-state index contributed by atoms with van der Waals surface area (Å²) in [6, 6.07) is 6.69. The summed E-state index contributed by atoms with van der Waals surface area (Å²) in [6.07, 6.45) is 4.35. The summed E-state index contributed by atoms with van der Waals surface area (Å²) >= 11 is 1.29. The summed E-state index contributed by atoms with van der Waals surface area (Å²) < 4.78 is 0. The largest absolute Gasteiger partial charge is 0.273 e. The number of fused-ring (bicyclic) bond motifs is 1. The predicted octanol–water partition coefficient (Wildman–Crippen LogP) is 2.74. The molecule has 0 spiro atoms. The first-order valence-electron chi connectivity index (χ1n) is 9.09. The van der Waals surface area contributed by atoms with Gasteiger partial charge in [0.2, 0.25) is 5.91 Å². The van der Waals surface area contributed by atoms with Gasteiger partial charge in [-0.2, -0.15) is 5.10 Å². The molecule has 3 amide bonds.